The van der Waals surface area contributed by atoms with Gasteiger partial charge in [-0.3, -0.25) is 0 Å². The number of anilines is 2. The molecule has 1 unspecified atom stereocenters. The molecule has 1 aromatic carbocycles. The van der Waals surface area contributed by atoms with Gasteiger partial charge in [-0.15, -0.1) is 10.2 Å². The minimum absolute atomic E-state index is 0.291. The summed E-state index contributed by atoms with van der Waals surface area (Å²) in [6.45, 7) is 1.81. The lowest BCUT2D eigenvalue weighted by atomic mass is 10.2. The van der Waals surface area contributed by atoms with Crippen LogP contribution < -0.4 is 9.80 Å². The van der Waals surface area contributed by atoms with Crippen LogP contribution in [0.4, 0.5) is 11.8 Å². The smallest absolute Gasteiger partial charge is 0.247 e. The van der Waals surface area contributed by atoms with Crippen LogP contribution in [-0.2, 0) is 6.54 Å². The van der Waals surface area contributed by atoms with E-state index >= 15 is 0 Å². The van der Waals surface area contributed by atoms with Crippen molar-refractivity contribution in [3.05, 3.63) is 48.5 Å². The summed E-state index contributed by atoms with van der Waals surface area (Å²) in [7, 11) is 1.88. The van der Waals surface area contributed by atoms with Crippen LogP contribution in [0.2, 0.25) is 0 Å². The summed E-state index contributed by atoms with van der Waals surface area (Å²) in [4.78, 5) is 12.8. The van der Waals surface area contributed by atoms with E-state index in [1.54, 1.807) is 6.20 Å². The Morgan fingerprint density at radius 1 is 1.23 bits per heavy atom. The molecule has 1 atom stereocenters. The summed E-state index contributed by atoms with van der Waals surface area (Å²) in [6, 6.07) is 11.5. The van der Waals surface area contributed by atoms with E-state index in [1.165, 1.54) is 0 Å². The Bertz CT molecular complexity index is 869. The Balaban J connectivity index is 1.47. The Kier molecular flexibility index (Phi) is 4.49. The molecule has 1 aliphatic rings. The lowest BCUT2D eigenvalue weighted by Gasteiger charge is -2.20. The predicted molar refractivity (Wildman–Crippen MR) is 96.7 cm³/mol. The van der Waals surface area contributed by atoms with Crippen LogP contribution in [0.15, 0.2) is 47.0 Å². The summed E-state index contributed by atoms with van der Waals surface area (Å²) in [6.07, 6.45) is 2.20. The first kappa shape index (κ1) is 16.5. The third-order valence-corrected chi connectivity index (χ3v) is 4.32. The van der Waals surface area contributed by atoms with E-state index in [4.69, 9.17) is 4.42 Å². The summed E-state index contributed by atoms with van der Waals surface area (Å²) >= 11 is 0. The normalized spacial score (nSPS) is 16.8. The zero-order valence-electron chi connectivity index (χ0n) is 14.5. The minimum atomic E-state index is -0.291. The van der Waals surface area contributed by atoms with Crippen LogP contribution in [0.5, 0.6) is 0 Å². The van der Waals surface area contributed by atoms with Gasteiger partial charge in [-0.05, 0) is 24.6 Å². The monoisotopic (exact) mass is 352 g/mol. The molecule has 0 amide bonds. The maximum Gasteiger partial charge on any atom is 0.247 e. The summed E-state index contributed by atoms with van der Waals surface area (Å²) in [5.74, 6) is 2.38. The minimum Gasteiger partial charge on any atom is -0.419 e. The fraction of sp³-hybridized carbons (Fsp3) is 0.333. The van der Waals surface area contributed by atoms with Gasteiger partial charge in [0.25, 0.3) is 0 Å². The topological polar surface area (TPSA) is 91.4 Å². The van der Waals surface area contributed by atoms with Crippen molar-refractivity contribution in [3.63, 3.8) is 0 Å². The predicted octanol–water partition coefficient (Wildman–Crippen LogP) is 1.73. The molecule has 1 fully saturated rings. The lowest BCUT2D eigenvalue weighted by Crippen LogP contribution is -2.24. The Labute approximate surface area is 151 Å². The average molecular weight is 352 g/mol. The summed E-state index contributed by atoms with van der Waals surface area (Å²) < 4.78 is 5.74. The highest BCUT2D eigenvalue weighted by atomic mass is 16.4. The zero-order valence-corrected chi connectivity index (χ0v) is 14.5. The Hall–Kier alpha value is -3.00. The van der Waals surface area contributed by atoms with E-state index in [1.807, 2.05) is 48.3 Å². The third-order valence-electron chi connectivity index (χ3n) is 4.32. The molecule has 0 radical (unpaired) electrons. The molecule has 0 saturated carbocycles. The quantitative estimate of drug-likeness (QED) is 0.742. The summed E-state index contributed by atoms with van der Waals surface area (Å²) in [5, 5.41) is 17.9. The highest BCUT2D eigenvalue weighted by Crippen LogP contribution is 2.21. The number of aliphatic hydroxyl groups is 1. The number of aliphatic hydroxyl groups excluding tert-OH is 1. The third kappa shape index (κ3) is 3.50. The molecule has 0 bridgehead atoms. The maximum atomic E-state index is 9.71. The van der Waals surface area contributed by atoms with Gasteiger partial charge in [-0.1, -0.05) is 18.2 Å². The standard InChI is InChI=1S/C18H20N6O2/c1-23(12-16-21-22-17(26-16)13-5-3-2-4-6-13)18-19-9-7-15(20-18)24-10-8-14(25)11-24/h2-7,9,14,25H,8,10-12H2,1H3. The lowest BCUT2D eigenvalue weighted by molar-refractivity contribution is 0.198. The van der Waals surface area contributed by atoms with Crippen LogP contribution in [0.25, 0.3) is 11.5 Å². The van der Waals surface area contributed by atoms with Crippen molar-refractivity contribution in [2.24, 2.45) is 0 Å². The highest BCUT2D eigenvalue weighted by Gasteiger charge is 2.22. The second-order valence-corrected chi connectivity index (χ2v) is 6.33. The maximum absolute atomic E-state index is 9.71. The van der Waals surface area contributed by atoms with Crippen molar-refractivity contribution in [1.82, 2.24) is 20.2 Å². The molecule has 1 saturated heterocycles. The summed E-state index contributed by atoms with van der Waals surface area (Å²) in [5.41, 5.74) is 0.889. The molecular formula is C18H20N6O2. The number of β-amino-alcohol motifs (C(OH)–C–C–N with tert-alkyl or cyclic N) is 1. The van der Waals surface area contributed by atoms with Gasteiger partial charge >= 0.3 is 0 Å². The first-order chi connectivity index (χ1) is 12.7. The van der Waals surface area contributed by atoms with Gasteiger partial charge in [0.2, 0.25) is 17.7 Å². The van der Waals surface area contributed by atoms with Crippen molar-refractivity contribution in [1.29, 1.82) is 0 Å². The largest absolute Gasteiger partial charge is 0.419 e. The van der Waals surface area contributed by atoms with E-state index < -0.39 is 0 Å². The number of aromatic nitrogens is 4. The van der Waals surface area contributed by atoms with Gasteiger partial charge in [0.15, 0.2) is 0 Å². The van der Waals surface area contributed by atoms with Gasteiger partial charge in [-0.2, -0.15) is 4.98 Å². The first-order valence-electron chi connectivity index (χ1n) is 8.54. The van der Waals surface area contributed by atoms with E-state index in [0.717, 1.165) is 24.3 Å². The van der Waals surface area contributed by atoms with Crippen LogP contribution in [-0.4, -0.2) is 51.5 Å². The molecule has 4 rings (SSSR count). The van der Waals surface area contributed by atoms with E-state index in [0.29, 0.717) is 30.8 Å². The van der Waals surface area contributed by atoms with E-state index in [9.17, 15) is 5.11 Å². The van der Waals surface area contributed by atoms with Crippen LogP contribution in [0.3, 0.4) is 0 Å². The number of benzene rings is 1. The van der Waals surface area contributed by atoms with Gasteiger partial charge in [0.05, 0.1) is 12.6 Å². The molecule has 1 aliphatic heterocycles. The van der Waals surface area contributed by atoms with Crippen molar-refractivity contribution < 1.29 is 9.52 Å². The van der Waals surface area contributed by atoms with E-state index in [-0.39, 0.29) is 6.10 Å². The Morgan fingerprint density at radius 3 is 2.85 bits per heavy atom. The number of hydrogen-bond acceptors (Lipinski definition) is 8. The van der Waals surface area contributed by atoms with E-state index in [2.05, 4.69) is 25.1 Å². The molecule has 8 nitrogen and oxygen atoms in total. The number of rotatable bonds is 5. The van der Waals surface area contributed by atoms with Gasteiger partial charge in [0.1, 0.15) is 5.82 Å². The molecule has 0 aliphatic carbocycles. The van der Waals surface area contributed by atoms with Gasteiger partial charge in [-0.25, -0.2) is 4.98 Å². The fourth-order valence-electron chi connectivity index (χ4n) is 2.94. The first-order valence-corrected chi connectivity index (χ1v) is 8.54. The molecule has 0 spiro atoms. The Morgan fingerprint density at radius 2 is 2.08 bits per heavy atom. The molecule has 134 valence electrons. The molecular weight excluding hydrogens is 332 g/mol. The van der Waals surface area contributed by atoms with Crippen molar-refractivity contribution in [2.75, 3.05) is 29.9 Å². The van der Waals surface area contributed by atoms with Crippen LogP contribution >= 0.6 is 0 Å². The molecule has 26 heavy (non-hydrogen) atoms. The second kappa shape index (κ2) is 7.09. The highest BCUT2D eigenvalue weighted by molar-refractivity contribution is 5.51. The fourth-order valence-corrected chi connectivity index (χ4v) is 2.94. The number of hydrogen-bond donors (Lipinski definition) is 1. The molecule has 3 heterocycles. The average Bonchev–Trinajstić information content (AvgIpc) is 3.32. The van der Waals surface area contributed by atoms with Gasteiger partial charge < -0.3 is 19.3 Å². The molecule has 1 N–H and O–H groups in total. The SMILES string of the molecule is CN(Cc1nnc(-c2ccccc2)o1)c1nccc(N2CCC(O)C2)n1. The zero-order chi connectivity index (χ0) is 17.9. The van der Waals surface area contributed by atoms with Crippen molar-refractivity contribution in [2.45, 2.75) is 19.1 Å². The molecule has 2 aromatic heterocycles. The van der Waals surface area contributed by atoms with Crippen molar-refractivity contribution in [3.8, 4) is 11.5 Å². The van der Waals surface area contributed by atoms with Crippen molar-refractivity contribution >= 4 is 11.8 Å². The second-order valence-electron chi connectivity index (χ2n) is 6.33. The van der Waals surface area contributed by atoms with Crippen LogP contribution in [0, 0.1) is 0 Å². The molecule has 3 aromatic rings. The van der Waals surface area contributed by atoms with Gasteiger partial charge in [0, 0.05) is 31.9 Å². The van der Waals surface area contributed by atoms with Crippen LogP contribution in [0.1, 0.15) is 12.3 Å². The molecule has 8 heteroatoms. The number of nitrogens with zero attached hydrogens (tertiary/aromatic N) is 6.